The molecule has 0 N–H and O–H groups in total. The fraction of sp³-hybridized carbons (Fsp3) is 0.0833. The number of hydrogen-bond acceptors (Lipinski definition) is 0. The number of hydrogen-bond donors (Lipinski definition) is 0. The zero-order chi connectivity index (χ0) is 17.5. The third-order valence-electron chi connectivity index (χ3n) is 4.21. The van der Waals surface area contributed by atoms with Gasteiger partial charge in [0.15, 0.2) is 0 Å². The molecule has 25 heavy (non-hydrogen) atoms. The summed E-state index contributed by atoms with van der Waals surface area (Å²) in [6.45, 7) is 0. The summed E-state index contributed by atoms with van der Waals surface area (Å²) < 4.78 is 0. The van der Waals surface area contributed by atoms with Crippen LogP contribution in [0.3, 0.4) is 0 Å². The second kappa shape index (κ2) is 7.76. The van der Waals surface area contributed by atoms with Crippen molar-refractivity contribution in [2.24, 2.45) is 0 Å². The van der Waals surface area contributed by atoms with Crippen molar-refractivity contribution in [1.82, 2.24) is 0 Å². The van der Waals surface area contributed by atoms with Gasteiger partial charge in [-0.25, -0.2) is 0 Å². The van der Waals surface area contributed by atoms with Gasteiger partial charge >= 0.3 is 0 Å². The van der Waals surface area contributed by atoms with E-state index >= 15 is 0 Å². The van der Waals surface area contributed by atoms with Crippen LogP contribution in [-0.2, 0) is 5.41 Å². The maximum atomic E-state index is 6.04. The van der Waals surface area contributed by atoms with Crippen molar-refractivity contribution in [2.45, 2.75) is 11.8 Å². The highest BCUT2D eigenvalue weighted by Crippen LogP contribution is 2.34. The molecule has 3 aromatic rings. The largest absolute Gasteiger partial charge is 0.119 e. The Morgan fingerprint density at radius 2 is 1.28 bits per heavy atom. The van der Waals surface area contributed by atoms with Gasteiger partial charge in [0.05, 0.1) is 5.41 Å². The summed E-state index contributed by atoms with van der Waals surface area (Å²) in [4.78, 5) is 0. The van der Waals surface area contributed by atoms with Gasteiger partial charge in [0.2, 0.25) is 0 Å². The van der Waals surface area contributed by atoms with Gasteiger partial charge in [0.25, 0.3) is 0 Å². The lowest BCUT2D eigenvalue weighted by molar-refractivity contribution is 0.692. The van der Waals surface area contributed by atoms with Crippen LogP contribution in [0.15, 0.2) is 84.9 Å². The number of benzene rings is 3. The maximum Gasteiger partial charge on any atom is 0.0918 e. The maximum absolute atomic E-state index is 6.04. The molecule has 0 amide bonds. The Kier molecular flexibility index (Phi) is 5.25. The molecule has 0 radical (unpaired) electrons. The smallest absolute Gasteiger partial charge is 0.0918 e. The monoisotopic (exact) mass is 340 g/mol. The molecular weight excluding hydrogens is 324 g/mol. The lowest BCUT2D eigenvalue weighted by Gasteiger charge is -2.27. The van der Waals surface area contributed by atoms with Crippen LogP contribution in [0.2, 0.25) is 5.02 Å². The summed E-state index contributed by atoms with van der Waals surface area (Å²) in [5, 5.41) is 0.706. The van der Waals surface area contributed by atoms with Crippen molar-refractivity contribution < 1.29 is 0 Å². The lowest BCUT2D eigenvalue weighted by atomic mass is 9.73. The van der Waals surface area contributed by atoms with E-state index in [0.717, 1.165) is 16.7 Å². The average molecular weight is 341 g/mol. The zero-order valence-electron chi connectivity index (χ0n) is 13.7. The van der Waals surface area contributed by atoms with Crippen LogP contribution in [0.1, 0.15) is 23.1 Å². The van der Waals surface area contributed by atoms with Crippen LogP contribution < -0.4 is 0 Å². The third-order valence-corrected chi connectivity index (χ3v) is 4.46. The summed E-state index contributed by atoms with van der Waals surface area (Å²) >= 11 is 5.93. The molecule has 1 heteroatoms. The van der Waals surface area contributed by atoms with Crippen molar-refractivity contribution in [2.75, 3.05) is 0 Å². The van der Waals surface area contributed by atoms with Crippen LogP contribution in [0.5, 0.6) is 0 Å². The lowest BCUT2D eigenvalue weighted by Crippen LogP contribution is -2.25. The molecule has 0 saturated carbocycles. The quantitative estimate of drug-likeness (QED) is 0.536. The van der Waals surface area contributed by atoms with Gasteiger partial charge in [-0.15, -0.1) is 6.42 Å². The molecule has 0 atom stereocenters. The predicted octanol–water partition coefficient (Wildman–Crippen LogP) is 5.70. The summed E-state index contributed by atoms with van der Waals surface area (Å²) in [6, 6.07) is 27.8. The average Bonchev–Trinajstić information content (AvgIpc) is 2.68. The van der Waals surface area contributed by atoms with Crippen LogP contribution in [-0.4, -0.2) is 0 Å². The van der Waals surface area contributed by atoms with Gasteiger partial charge in [-0.1, -0.05) is 90.0 Å². The van der Waals surface area contributed by atoms with Crippen LogP contribution in [0.4, 0.5) is 0 Å². The van der Waals surface area contributed by atoms with Crippen molar-refractivity contribution in [3.05, 3.63) is 107 Å². The van der Waals surface area contributed by atoms with E-state index in [2.05, 4.69) is 42.0 Å². The van der Waals surface area contributed by atoms with Gasteiger partial charge in [-0.05, 0) is 35.4 Å². The molecule has 0 aliphatic carbocycles. The highest BCUT2D eigenvalue weighted by molar-refractivity contribution is 6.30. The molecular formula is C24H17Cl. The number of halogens is 1. The van der Waals surface area contributed by atoms with E-state index in [-0.39, 0.29) is 0 Å². The fourth-order valence-corrected chi connectivity index (χ4v) is 2.97. The Morgan fingerprint density at radius 3 is 1.76 bits per heavy atom. The first-order valence-corrected chi connectivity index (χ1v) is 8.46. The van der Waals surface area contributed by atoms with Crippen molar-refractivity contribution >= 4 is 11.6 Å². The summed E-state index contributed by atoms with van der Waals surface area (Å²) in [5.41, 5.74) is 2.52. The van der Waals surface area contributed by atoms with Crippen molar-refractivity contribution in [3.8, 4) is 24.2 Å². The van der Waals surface area contributed by atoms with E-state index in [1.807, 2.05) is 60.7 Å². The number of terminal acetylenes is 1. The number of rotatable bonds is 3. The first-order valence-electron chi connectivity index (χ1n) is 8.08. The molecule has 0 spiro atoms. The Morgan fingerprint density at radius 1 is 0.760 bits per heavy atom. The molecule has 3 aromatic carbocycles. The summed E-state index contributed by atoms with van der Waals surface area (Å²) in [5.74, 6) is 9.49. The van der Waals surface area contributed by atoms with E-state index < -0.39 is 5.41 Å². The molecule has 0 nitrogen and oxygen atoms in total. The summed E-state index contributed by atoms with van der Waals surface area (Å²) in [6.07, 6.45) is 6.58. The van der Waals surface area contributed by atoms with Gasteiger partial charge in [0, 0.05) is 17.0 Å². The molecule has 0 aliphatic heterocycles. The van der Waals surface area contributed by atoms with Gasteiger partial charge in [0.1, 0.15) is 0 Å². The van der Waals surface area contributed by atoms with E-state index in [1.54, 1.807) is 0 Å². The minimum absolute atomic E-state index is 0.542. The zero-order valence-corrected chi connectivity index (χ0v) is 14.5. The molecule has 0 saturated heterocycles. The van der Waals surface area contributed by atoms with Gasteiger partial charge in [-0.2, -0.15) is 0 Å². The SMILES string of the molecule is C#CC(CC#Cc1ccc(Cl)cc1)(c1ccccc1)c1ccccc1. The van der Waals surface area contributed by atoms with Crippen LogP contribution >= 0.6 is 11.6 Å². The molecule has 120 valence electrons. The molecule has 0 unspecified atom stereocenters. The molecule has 3 rings (SSSR count). The minimum atomic E-state index is -0.568. The molecule has 0 fully saturated rings. The van der Waals surface area contributed by atoms with E-state index in [9.17, 15) is 0 Å². The van der Waals surface area contributed by atoms with E-state index in [1.165, 1.54) is 0 Å². The van der Waals surface area contributed by atoms with E-state index in [4.69, 9.17) is 18.0 Å². The topological polar surface area (TPSA) is 0 Å². The van der Waals surface area contributed by atoms with Gasteiger partial charge in [-0.3, -0.25) is 0 Å². The minimum Gasteiger partial charge on any atom is -0.119 e. The van der Waals surface area contributed by atoms with E-state index in [0.29, 0.717) is 11.4 Å². The molecule has 0 bridgehead atoms. The normalized spacial score (nSPS) is 10.4. The Labute approximate surface area is 154 Å². The second-order valence-electron chi connectivity index (χ2n) is 5.77. The Hall–Kier alpha value is -2.93. The summed E-state index contributed by atoms with van der Waals surface area (Å²) in [7, 11) is 0. The van der Waals surface area contributed by atoms with Gasteiger partial charge < -0.3 is 0 Å². The first-order chi connectivity index (χ1) is 12.2. The molecule has 0 heterocycles. The van der Waals surface area contributed by atoms with Crippen molar-refractivity contribution in [3.63, 3.8) is 0 Å². The second-order valence-corrected chi connectivity index (χ2v) is 6.20. The standard InChI is InChI=1S/C24H17Cl/c1-2-24(21-11-5-3-6-12-21,22-13-7-4-8-14-22)19-9-10-20-15-17-23(25)18-16-20/h1,3-8,11-18H,19H2. The van der Waals surface area contributed by atoms with Crippen molar-refractivity contribution in [1.29, 1.82) is 0 Å². The molecule has 0 aliphatic rings. The van der Waals surface area contributed by atoms with Crippen LogP contribution in [0.25, 0.3) is 0 Å². The highest BCUT2D eigenvalue weighted by atomic mass is 35.5. The third kappa shape index (κ3) is 3.77. The Balaban J connectivity index is 2.01. The predicted molar refractivity (Wildman–Crippen MR) is 105 cm³/mol. The Bertz CT molecular complexity index is 881. The molecule has 0 aromatic heterocycles. The first kappa shape index (κ1) is 16.9. The van der Waals surface area contributed by atoms with Crippen LogP contribution in [0, 0.1) is 24.2 Å². The fourth-order valence-electron chi connectivity index (χ4n) is 2.85. The highest BCUT2D eigenvalue weighted by Gasteiger charge is 2.31.